The average Bonchev–Trinajstić information content (AvgIpc) is 3.15. The van der Waals surface area contributed by atoms with E-state index in [4.69, 9.17) is 21.9 Å². The Morgan fingerprint density at radius 1 is 1.20 bits per heavy atom. The van der Waals surface area contributed by atoms with Crippen molar-refractivity contribution in [3.63, 3.8) is 0 Å². The minimum absolute atomic E-state index is 0. The Bertz CT molecular complexity index is 896. The van der Waals surface area contributed by atoms with Gasteiger partial charge in [0.05, 0.1) is 27.6 Å². The maximum absolute atomic E-state index is 6.24. The van der Waals surface area contributed by atoms with Crippen LogP contribution in [0.25, 0.3) is 17.1 Å². The molecule has 1 aliphatic rings. The Hall–Kier alpha value is -1.89. The van der Waals surface area contributed by atoms with E-state index in [-0.39, 0.29) is 12.4 Å². The van der Waals surface area contributed by atoms with Crippen molar-refractivity contribution in [1.82, 2.24) is 19.9 Å². The second kappa shape index (κ2) is 6.44. The van der Waals surface area contributed by atoms with E-state index in [1.165, 1.54) is 0 Å². The van der Waals surface area contributed by atoms with E-state index < -0.39 is 5.54 Å². The number of aromatic nitrogens is 4. The Kier molecular flexibility index (Phi) is 4.62. The molecule has 2 aromatic heterocycles. The number of halogens is 2. The first kappa shape index (κ1) is 17.9. The smallest absolute Gasteiger partial charge is 0.257 e. The highest BCUT2D eigenvalue weighted by Gasteiger charge is 2.39. The van der Waals surface area contributed by atoms with Crippen molar-refractivity contribution in [3.05, 3.63) is 46.5 Å². The lowest BCUT2D eigenvalue weighted by molar-refractivity contribution is 0.229. The van der Waals surface area contributed by atoms with Gasteiger partial charge in [0.15, 0.2) is 5.82 Å². The van der Waals surface area contributed by atoms with Crippen LogP contribution in [0.3, 0.4) is 0 Å². The molecule has 0 bridgehead atoms. The van der Waals surface area contributed by atoms with E-state index in [1.54, 1.807) is 0 Å². The molecule has 4 rings (SSSR count). The first-order valence-electron chi connectivity index (χ1n) is 7.93. The lowest BCUT2D eigenvalue weighted by Gasteiger charge is -2.34. The van der Waals surface area contributed by atoms with Crippen LogP contribution in [0.15, 0.2) is 28.8 Å². The van der Waals surface area contributed by atoms with Gasteiger partial charge >= 0.3 is 0 Å². The van der Waals surface area contributed by atoms with Gasteiger partial charge in [0.1, 0.15) is 0 Å². The Labute approximate surface area is 156 Å². The lowest BCUT2D eigenvalue weighted by Crippen LogP contribution is -2.44. The van der Waals surface area contributed by atoms with Gasteiger partial charge in [-0.25, -0.2) is 4.68 Å². The number of hydrogen-bond acceptors (Lipinski definition) is 5. The predicted molar refractivity (Wildman–Crippen MR) is 98.3 cm³/mol. The zero-order valence-electron chi connectivity index (χ0n) is 14.0. The summed E-state index contributed by atoms with van der Waals surface area (Å²) in [5.41, 5.74) is 9.34. The van der Waals surface area contributed by atoms with Crippen LogP contribution in [0.2, 0.25) is 5.02 Å². The molecule has 132 valence electrons. The third kappa shape index (κ3) is 2.94. The highest BCUT2D eigenvalue weighted by molar-refractivity contribution is 6.31. The average molecular weight is 380 g/mol. The molecule has 0 radical (unpaired) electrons. The van der Waals surface area contributed by atoms with Crippen LogP contribution < -0.4 is 5.73 Å². The van der Waals surface area contributed by atoms with Crippen molar-refractivity contribution in [2.45, 2.75) is 38.6 Å². The Balaban J connectivity index is 0.00000182. The molecular formula is C17H19Cl2N5O. The summed E-state index contributed by atoms with van der Waals surface area (Å²) in [6, 6.07) is 7.77. The van der Waals surface area contributed by atoms with E-state index in [0.717, 1.165) is 41.9 Å². The standard InChI is InChI=1S/C17H18ClN5O.ClH/c1-10-14(18)11(2)23(21-10)13-6-4-12(5-7-13)15-20-16(22-24-15)17(19)8-3-9-17;/h4-7H,3,8-9,19H2,1-2H3;1H. The van der Waals surface area contributed by atoms with Crippen LogP contribution in [0, 0.1) is 13.8 Å². The molecule has 1 saturated carbocycles. The first-order valence-corrected chi connectivity index (χ1v) is 8.31. The van der Waals surface area contributed by atoms with Crippen molar-refractivity contribution in [3.8, 4) is 17.1 Å². The molecule has 1 aromatic carbocycles. The Morgan fingerprint density at radius 2 is 1.88 bits per heavy atom. The summed E-state index contributed by atoms with van der Waals surface area (Å²) < 4.78 is 7.20. The molecule has 0 saturated heterocycles. The monoisotopic (exact) mass is 379 g/mol. The zero-order chi connectivity index (χ0) is 16.9. The summed E-state index contributed by atoms with van der Waals surface area (Å²) in [5, 5.41) is 9.19. The van der Waals surface area contributed by atoms with Crippen LogP contribution in [-0.4, -0.2) is 19.9 Å². The summed E-state index contributed by atoms with van der Waals surface area (Å²) in [4.78, 5) is 4.47. The van der Waals surface area contributed by atoms with Gasteiger partial charge in [-0.2, -0.15) is 10.1 Å². The van der Waals surface area contributed by atoms with Gasteiger partial charge in [0.25, 0.3) is 5.89 Å². The molecule has 1 aliphatic carbocycles. The highest BCUT2D eigenvalue weighted by atomic mass is 35.5. The molecule has 25 heavy (non-hydrogen) atoms. The molecule has 0 aliphatic heterocycles. The predicted octanol–water partition coefficient (Wildman–Crippen LogP) is 3.95. The fourth-order valence-corrected chi connectivity index (χ4v) is 3.06. The van der Waals surface area contributed by atoms with E-state index in [0.29, 0.717) is 16.7 Å². The van der Waals surface area contributed by atoms with Crippen LogP contribution in [-0.2, 0) is 5.54 Å². The molecule has 6 nitrogen and oxygen atoms in total. The van der Waals surface area contributed by atoms with E-state index >= 15 is 0 Å². The van der Waals surface area contributed by atoms with Crippen molar-refractivity contribution in [2.24, 2.45) is 5.73 Å². The lowest BCUT2D eigenvalue weighted by atomic mass is 9.77. The minimum atomic E-state index is -0.415. The molecule has 0 spiro atoms. The van der Waals surface area contributed by atoms with Gasteiger partial charge in [-0.15, -0.1) is 12.4 Å². The number of aryl methyl sites for hydroxylation is 1. The van der Waals surface area contributed by atoms with Crippen LogP contribution in [0.4, 0.5) is 0 Å². The van der Waals surface area contributed by atoms with E-state index in [1.807, 2.05) is 42.8 Å². The van der Waals surface area contributed by atoms with Gasteiger partial charge in [-0.1, -0.05) is 16.8 Å². The molecular weight excluding hydrogens is 361 g/mol. The first-order chi connectivity index (χ1) is 11.5. The second-order valence-corrected chi connectivity index (χ2v) is 6.75. The minimum Gasteiger partial charge on any atom is -0.334 e. The van der Waals surface area contributed by atoms with Gasteiger partial charge < -0.3 is 10.3 Å². The van der Waals surface area contributed by atoms with Gasteiger partial charge in [-0.05, 0) is 57.4 Å². The van der Waals surface area contributed by atoms with Crippen molar-refractivity contribution >= 4 is 24.0 Å². The second-order valence-electron chi connectivity index (χ2n) is 6.38. The fraction of sp³-hybridized carbons (Fsp3) is 0.353. The van der Waals surface area contributed by atoms with Crippen LogP contribution >= 0.6 is 24.0 Å². The van der Waals surface area contributed by atoms with E-state index in [9.17, 15) is 0 Å². The third-order valence-corrected chi connectivity index (χ3v) is 5.23. The normalized spacial score (nSPS) is 15.5. The summed E-state index contributed by atoms with van der Waals surface area (Å²) in [5.74, 6) is 1.08. The molecule has 1 fully saturated rings. The van der Waals surface area contributed by atoms with Gasteiger partial charge in [-0.3, -0.25) is 0 Å². The van der Waals surface area contributed by atoms with Crippen molar-refractivity contribution in [1.29, 1.82) is 0 Å². The topological polar surface area (TPSA) is 82.8 Å². The molecule has 0 atom stereocenters. The van der Waals surface area contributed by atoms with Crippen LogP contribution in [0.5, 0.6) is 0 Å². The Morgan fingerprint density at radius 3 is 2.40 bits per heavy atom. The third-order valence-electron chi connectivity index (χ3n) is 4.68. The summed E-state index contributed by atoms with van der Waals surface area (Å²) in [6.45, 7) is 3.84. The number of rotatable bonds is 3. The number of hydrogen-bond donors (Lipinski definition) is 1. The van der Waals surface area contributed by atoms with Crippen molar-refractivity contribution < 1.29 is 4.52 Å². The SMILES string of the molecule is Cc1nn(-c2ccc(-c3nc(C4(N)CCC4)no3)cc2)c(C)c1Cl.Cl. The van der Waals surface area contributed by atoms with E-state index in [2.05, 4.69) is 15.2 Å². The largest absolute Gasteiger partial charge is 0.334 e. The number of benzene rings is 1. The molecule has 0 amide bonds. The van der Waals surface area contributed by atoms with Gasteiger partial charge in [0.2, 0.25) is 0 Å². The quantitative estimate of drug-likeness (QED) is 0.744. The zero-order valence-corrected chi connectivity index (χ0v) is 15.6. The molecule has 2 heterocycles. The molecule has 8 heteroatoms. The van der Waals surface area contributed by atoms with Crippen molar-refractivity contribution in [2.75, 3.05) is 0 Å². The molecule has 2 N–H and O–H groups in total. The highest BCUT2D eigenvalue weighted by Crippen LogP contribution is 2.37. The summed E-state index contributed by atoms with van der Waals surface area (Å²) in [6.07, 6.45) is 2.92. The maximum Gasteiger partial charge on any atom is 0.257 e. The van der Waals surface area contributed by atoms with Crippen LogP contribution in [0.1, 0.15) is 36.5 Å². The van der Waals surface area contributed by atoms with Gasteiger partial charge in [0, 0.05) is 5.56 Å². The summed E-state index contributed by atoms with van der Waals surface area (Å²) in [7, 11) is 0. The molecule has 0 unspecified atom stereocenters. The maximum atomic E-state index is 6.24. The number of nitrogens with zero attached hydrogens (tertiary/aromatic N) is 4. The molecule has 3 aromatic rings. The fourth-order valence-electron chi connectivity index (χ4n) is 2.94. The summed E-state index contributed by atoms with van der Waals surface area (Å²) >= 11 is 6.21. The number of nitrogens with two attached hydrogens (primary N) is 1.